The van der Waals surface area contributed by atoms with E-state index < -0.39 is 17.8 Å². The molecule has 2 N–H and O–H groups in total. The van der Waals surface area contributed by atoms with E-state index >= 15 is 0 Å². The lowest BCUT2D eigenvalue weighted by atomic mass is 9.94. The zero-order chi connectivity index (χ0) is 24.2. The number of esters is 1. The number of para-hydroxylation sites is 1. The van der Waals surface area contributed by atoms with E-state index in [1.54, 1.807) is 30.0 Å². The van der Waals surface area contributed by atoms with E-state index in [0.717, 1.165) is 29.4 Å². The first kappa shape index (κ1) is 23.8. The Hall–Kier alpha value is -3.33. The number of amides is 2. The fourth-order valence-electron chi connectivity index (χ4n) is 3.99. The fraction of sp³-hybridized carbons (Fsp3) is 0.320. The molecule has 0 aliphatic carbocycles. The summed E-state index contributed by atoms with van der Waals surface area (Å²) in [6, 6.07) is 12.3. The summed E-state index contributed by atoms with van der Waals surface area (Å²) in [5.74, 6) is 0.0577. The number of aliphatic imine (C=N–C) groups is 1. The van der Waals surface area contributed by atoms with Gasteiger partial charge < -0.3 is 20.3 Å². The zero-order valence-electron chi connectivity index (χ0n) is 19.3. The Morgan fingerprint density at radius 1 is 1.18 bits per heavy atom. The molecule has 2 aliphatic rings. The summed E-state index contributed by atoms with van der Waals surface area (Å²) in [6.45, 7) is 6.21. The third kappa shape index (κ3) is 5.25. The molecule has 2 aliphatic heterocycles. The molecule has 2 amide bonds. The number of fused-ring (bicyclic) bond motifs is 1. The number of rotatable bonds is 5. The molecule has 1 fully saturated rings. The predicted molar refractivity (Wildman–Crippen MR) is 133 cm³/mol. The Bertz CT molecular complexity index is 1160. The third-order valence-corrected chi connectivity index (χ3v) is 6.48. The van der Waals surface area contributed by atoms with E-state index in [2.05, 4.69) is 20.5 Å². The van der Waals surface area contributed by atoms with Crippen LogP contribution in [0.25, 0.3) is 0 Å². The van der Waals surface area contributed by atoms with Crippen molar-refractivity contribution in [2.45, 2.75) is 39.3 Å². The van der Waals surface area contributed by atoms with Crippen molar-refractivity contribution in [3.8, 4) is 0 Å². The van der Waals surface area contributed by atoms with Crippen LogP contribution in [0.15, 0.2) is 64.8 Å². The maximum Gasteiger partial charge on any atom is 0.338 e. The van der Waals surface area contributed by atoms with E-state index in [0.29, 0.717) is 17.0 Å². The van der Waals surface area contributed by atoms with Crippen molar-refractivity contribution >= 4 is 40.3 Å². The number of carbonyl (C=O) groups is 2. The third-order valence-electron chi connectivity index (χ3n) is 5.40. The number of allylic oxidation sites excluding steroid dienone is 1. The molecule has 0 aromatic heterocycles. The molecule has 2 aromatic carbocycles. The topological polar surface area (TPSA) is 83.0 Å². The van der Waals surface area contributed by atoms with Crippen molar-refractivity contribution in [2.75, 3.05) is 22.9 Å². The Balaban J connectivity index is 1.63. The molecule has 1 atom stereocenters. The summed E-state index contributed by atoms with van der Waals surface area (Å²) in [6.07, 6.45) is 0.707. The van der Waals surface area contributed by atoms with Crippen LogP contribution in [0, 0.1) is 5.82 Å². The van der Waals surface area contributed by atoms with Gasteiger partial charge in [-0.2, -0.15) is 0 Å². The average molecular weight is 483 g/mol. The largest absolute Gasteiger partial charge is 0.459 e. The van der Waals surface area contributed by atoms with Crippen LogP contribution in [-0.4, -0.2) is 40.5 Å². The second-order valence-corrected chi connectivity index (χ2v) is 9.39. The molecule has 0 saturated carbocycles. The summed E-state index contributed by atoms with van der Waals surface area (Å²) >= 11 is 1.67. The minimum atomic E-state index is -0.562. The van der Waals surface area contributed by atoms with Crippen molar-refractivity contribution in [2.24, 2.45) is 4.99 Å². The zero-order valence-corrected chi connectivity index (χ0v) is 20.1. The molecule has 2 aromatic rings. The van der Waals surface area contributed by atoms with E-state index in [1.807, 2.05) is 39.0 Å². The quantitative estimate of drug-likeness (QED) is 0.547. The molecule has 34 heavy (non-hydrogen) atoms. The van der Waals surface area contributed by atoms with E-state index in [-0.39, 0.29) is 17.8 Å². The summed E-state index contributed by atoms with van der Waals surface area (Å²) < 4.78 is 19.4. The summed E-state index contributed by atoms with van der Waals surface area (Å²) in [5.41, 5.74) is 2.56. The van der Waals surface area contributed by atoms with Crippen molar-refractivity contribution in [3.05, 3.63) is 71.2 Å². The molecule has 4 rings (SSSR count). The first-order valence-electron chi connectivity index (χ1n) is 11.2. The highest BCUT2D eigenvalue weighted by molar-refractivity contribution is 8.13. The molecule has 7 nitrogen and oxygen atoms in total. The van der Waals surface area contributed by atoms with Crippen LogP contribution in [-0.2, 0) is 9.53 Å². The van der Waals surface area contributed by atoms with Gasteiger partial charge >= 0.3 is 12.0 Å². The van der Waals surface area contributed by atoms with Crippen LogP contribution in [0.1, 0.15) is 38.8 Å². The number of thioether (sulfide) groups is 1. The number of hydrogen-bond donors (Lipinski definition) is 2. The van der Waals surface area contributed by atoms with Gasteiger partial charge in [0.2, 0.25) is 0 Å². The number of nitrogens with zero attached hydrogens (tertiary/aromatic N) is 2. The standard InChI is InChI=1S/C25H27FN4O3S/c1-15(2)33-23(31)21-16(3)27-25-30(12-7-13-34-25)22(21)17-8-6-9-18(14-17)28-24(32)29-20-11-5-4-10-19(20)26/h4-6,8-11,14-15,22H,7,12-13H2,1-3H3,(H2,28,29,32). The number of hydrogen-bond acceptors (Lipinski definition) is 6. The number of carbonyl (C=O) groups excluding carboxylic acids is 2. The van der Waals surface area contributed by atoms with Gasteiger partial charge in [0.15, 0.2) is 5.17 Å². The van der Waals surface area contributed by atoms with E-state index in [9.17, 15) is 14.0 Å². The van der Waals surface area contributed by atoms with Crippen LogP contribution in [0.2, 0.25) is 0 Å². The lowest BCUT2D eigenvalue weighted by Gasteiger charge is -2.40. The SMILES string of the molecule is CC1=C(C(=O)OC(C)C)C(c2cccc(NC(=O)Nc3ccccc3F)c2)N2CCCSC2=N1. The first-order chi connectivity index (χ1) is 16.3. The van der Waals surface area contributed by atoms with Gasteiger partial charge in [0.1, 0.15) is 5.82 Å². The molecule has 178 valence electrons. The number of urea groups is 1. The maximum atomic E-state index is 13.9. The molecule has 2 heterocycles. The van der Waals surface area contributed by atoms with Crippen LogP contribution < -0.4 is 10.6 Å². The molecule has 9 heteroatoms. The number of anilines is 2. The minimum absolute atomic E-state index is 0.0897. The molecule has 0 bridgehead atoms. The normalized spacial score (nSPS) is 17.7. The lowest BCUT2D eigenvalue weighted by Crippen LogP contribution is -2.42. The summed E-state index contributed by atoms with van der Waals surface area (Å²) in [7, 11) is 0. The average Bonchev–Trinajstić information content (AvgIpc) is 2.79. The molecule has 0 spiro atoms. The predicted octanol–water partition coefficient (Wildman–Crippen LogP) is 5.54. The first-order valence-corrected chi connectivity index (χ1v) is 12.1. The Morgan fingerprint density at radius 3 is 2.74 bits per heavy atom. The van der Waals surface area contributed by atoms with Gasteiger partial charge in [-0.1, -0.05) is 36.0 Å². The number of amidine groups is 1. The highest BCUT2D eigenvalue weighted by Gasteiger charge is 2.38. The Morgan fingerprint density at radius 2 is 1.97 bits per heavy atom. The molecular formula is C25H27FN4O3S. The van der Waals surface area contributed by atoms with Gasteiger partial charge in [-0.3, -0.25) is 0 Å². The van der Waals surface area contributed by atoms with Crippen LogP contribution >= 0.6 is 11.8 Å². The Kier molecular flexibility index (Phi) is 7.21. The molecular weight excluding hydrogens is 455 g/mol. The highest BCUT2D eigenvalue weighted by atomic mass is 32.2. The minimum Gasteiger partial charge on any atom is -0.459 e. The maximum absolute atomic E-state index is 13.9. The second kappa shape index (κ2) is 10.3. The van der Waals surface area contributed by atoms with Gasteiger partial charge in [-0.15, -0.1) is 0 Å². The van der Waals surface area contributed by atoms with Gasteiger partial charge in [0.05, 0.1) is 29.1 Å². The summed E-state index contributed by atoms with van der Waals surface area (Å²) in [4.78, 5) is 32.4. The second-order valence-electron chi connectivity index (χ2n) is 8.33. The van der Waals surface area contributed by atoms with Crippen molar-refractivity contribution in [3.63, 3.8) is 0 Å². The van der Waals surface area contributed by atoms with Gasteiger partial charge in [-0.25, -0.2) is 19.0 Å². The van der Waals surface area contributed by atoms with E-state index in [1.165, 1.54) is 12.1 Å². The van der Waals surface area contributed by atoms with Crippen LogP contribution in [0.5, 0.6) is 0 Å². The lowest BCUT2D eigenvalue weighted by molar-refractivity contribution is -0.143. The van der Waals surface area contributed by atoms with Crippen molar-refractivity contribution in [1.82, 2.24) is 4.90 Å². The van der Waals surface area contributed by atoms with Crippen LogP contribution in [0.3, 0.4) is 0 Å². The number of ether oxygens (including phenoxy) is 1. The van der Waals surface area contributed by atoms with Crippen molar-refractivity contribution in [1.29, 1.82) is 0 Å². The Labute approximate surface area is 202 Å². The molecule has 1 saturated heterocycles. The monoisotopic (exact) mass is 482 g/mol. The van der Waals surface area contributed by atoms with Gasteiger partial charge in [0, 0.05) is 18.0 Å². The smallest absolute Gasteiger partial charge is 0.338 e. The number of benzene rings is 2. The number of nitrogens with one attached hydrogen (secondary N) is 2. The van der Waals surface area contributed by atoms with Crippen LogP contribution in [0.4, 0.5) is 20.6 Å². The van der Waals surface area contributed by atoms with Crippen molar-refractivity contribution < 1.29 is 18.7 Å². The van der Waals surface area contributed by atoms with E-state index in [4.69, 9.17) is 4.74 Å². The molecule has 1 unspecified atom stereocenters. The van der Waals surface area contributed by atoms with Gasteiger partial charge in [-0.05, 0) is 57.0 Å². The van der Waals surface area contributed by atoms with Gasteiger partial charge in [0.25, 0.3) is 0 Å². The highest BCUT2D eigenvalue weighted by Crippen LogP contribution is 2.40. The fourth-order valence-corrected chi connectivity index (χ4v) is 5.01. The summed E-state index contributed by atoms with van der Waals surface area (Å²) in [5, 5.41) is 6.15. The molecule has 0 radical (unpaired) electrons. The number of halogens is 1.